The Hall–Kier alpha value is -5.52. The molecule has 1 N–H and O–H groups in total. The molecule has 0 bridgehead atoms. The zero-order valence-electron chi connectivity index (χ0n) is 30.2. The minimum atomic E-state index is -4.25. The molecule has 7 rings (SSSR count). The van der Waals surface area contributed by atoms with Crippen LogP contribution in [-0.2, 0) is 38.2 Å². The Morgan fingerprint density at radius 1 is 0.778 bits per heavy atom. The van der Waals surface area contributed by atoms with E-state index in [0.29, 0.717) is 41.6 Å². The number of aromatic nitrogens is 4. The summed E-state index contributed by atoms with van der Waals surface area (Å²) >= 11 is 0. The van der Waals surface area contributed by atoms with Crippen molar-refractivity contribution >= 4 is 13.6 Å². The molecule has 0 atom stereocenters. The van der Waals surface area contributed by atoms with Crippen molar-refractivity contribution in [1.29, 1.82) is 0 Å². The monoisotopic (exact) mass is 747 g/mol. The highest BCUT2D eigenvalue weighted by molar-refractivity contribution is 7.48. The molecule has 12 nitrogen and oxygen atoms in total. The molecular weight excluding hydrogens is 705 g/mol. The number of rotatable bonds is 15. The van der Waals surface area contributed by atoms with Crippen LogP contribution in [0.3, 0.4) is 0 Å². The molecule has 0 radical (unpaired) electrons. The van der Waals surface area contributed by atoms with Gasteiger partial charge >= 0.3 is 13.5 Å². The van der Waals surface area contributed by atoms with Gasteiger partial charge in [0.25, 0.3) is 0 Å². The number of hydrogen-bond acceptors (Lipinski definition) is 10. The van der Waals surface area contributed by atoms with E-state index >= 15 is 0 Å². The molecule has 278 valence electrons. The number of pyridine rings is 1. The number of benzene rings is 4. The van der Waals surface area contributed by atoms with Gasteiger partial charge in [-0.25, -0.2) is 24.0 Å². The summed E-state index contributed by atoms with van der Waals surface area (Å²) in [6.07, 6.45) is 1.65. The predicted octanol–water partition coefficient (Wildman–Crippen LogP) is 8.08. The molecule has 4 aromatic carbocycles. The SMILES string of the molecule is CC(C)c1cc(-c2n[nH]c(=O)n2-c2ccc(N3CCOCC3)nc2)c(OCc2ccccc2)cc1OP(=O)(OCc1ccccc1)OCc1ccccc1. The molecule has 0 amide bonds. The normalized spacial score (nSPS) is 13.3. The molecule has 0 saturated carbocycles. The summed E-state index contributed by atoms with van der Waals surface area (Å²) in [6.45, 7) is 6.91. The van der Waals surface area contributed by atoms with Gasteiger partial charge in [-0.1, -0.05) is 105 Å². The zero-order valence-corrected chi connectivity index (χ0v) is 31.1. The third-order valence-corrected chi connectivity index (χ3v) is 10.2. The highest BCUT2D eigenvalue weighted by Gasteiger charge is 2.32. The minimum Gasteiger partial charge on any atom is -0.488 e. The van der Waals surface area contributed by atoms with Crippen LogP contribution >= 0.6 is 7.82 Å². The van der Waals surface area contributed by atoms with E-state index in [1.807, 2.05) is 123 Å². The number of nitrogens with zero attached hydrogens (tertiary/aromatic N) is 4. The van der Waals surface area contributed by atoms with Gasteiger partial charge in [0.1, 0.15) is 23.9 Å². The summed E-state index contributed by atoms with van der Waals surface area (Å²) in [4.78, 5) is 20.2. The molecule has 0 aliphatic carbocycles. The maximum absolute atomic E-state index is 14.5. The van der Waals surface area contributed by atoms with E-state index in [0.717, 1.165) is 35.6 Å². The van der Waals surface area contributed by atoms with Crippen molar-refractivity contribution in [1.82, 2.24) is 19.7 Å². The fraction of sp³-hybridized carbons (Fsp3) is 0.244. The fourth-order valence-electron chi connectivity index (χ4n) is 6.01. The Balaban J connectivity index is 1.28. The molecule has 54 heavy (non-hydrogen) atoms. The van der Waals surface area contributed by atoms with Crippen molar-refractivity contribution in [2.24, 2.45) is 0 Å². The molecule has 0 unspecified atom stereocenters. The summed E-state index contributed by atoms with van der Waals surface area (Å²) in [5.41, 5.74) is 3.80. The molecule has 3 heterocycles. The van der Waals surface area contributed by atoms with Crippen LogP contribution in [0.1, 0.15) is 42.0 Å². The minimum absolute atomic E-state index is 0.00270. The average molecular weight is 748 g/mol. The van der Waals surface area contributed by atoms with Crippen molar-refractivity contribution in [2.45, 2.75) is 39.6 Å². The number of hydrogen-bond donors (Lipinski definition) is 1. The number of H-pyrrole nitrogens is 1. The van der Waals surface area contributed by atoms with Gasteiger partial charge in [-0.2, -0.15) is 5.10 Å². The van der Waals surface area contributed by atoms with Crippen LogP contribution in [0.25, 0.3) is 17.1 Å². The number of phosphoric acid groups is 1. The molecule has 13 heteroatoms. The van der Waals surface area contributed by atoms with Crippen molar-refractivity contribution in [3.8, 4) is 28.6 Å². The van der Waals surface area contributed by atoms with E-state index in [1.54, 1.807) is 12.3 Å². The summed E-state index contributed by atoms with van der Waals surface area (Å²) in [6, 6.07) is 35.8. The molecule has 1 aliphatic heterocycles. The van der Waals surface area contributed by atoms with Gasteiger partial charge in [-0.15, -0.1) is 0 Å². The molecule has 0 spiro atoms. The van der Waals surface area contributed by atoms with Crippen LogP contribution in [0.5, 0.6) is 11.5 Å². The van der Waals surface area contributed by atoms with Gasteiger partial charge in [0.15, 0.2) is 5.82 Å². The first kappa shape index (κ1) is 36.8. The third kappa shape index (κ3) is 8.98. The highest BCUT2D eigenvalue weighted by atomic mass is 31.2. The van der Waals surface area contributed by atoms with E-state index in [-0.39, 0.29) is 31.5 Å². The first-order valence-electron chi connectivity index (χ1n) is 17.8. The van der Waals surface area contributed by atoms with Crippen molar-refractivity contribution in [3.63, 3.8) is 0 Å². The van der Waals surface area contributed by atoms with Gasteiger partial charge in [-0.3, -0.25) is 9.05 Å². The number of morpholine rings is 1. The Bertz CT molecular complexity index is 2180. The Labute approximate surface area is 313 Å². The zero-order chi connectivity index (χ0) is 37.3. The van der Waals surface area contributed by atoms with Gasteiger partial charge < -0.3 is 18.9 Å². The van der Waals surface area contributed by atoms with Crippen LogP contribution < -0.4 is 19.9 Å². The molecule has 6 aromatic rings. The first-order valence-corrected chi connectivity index (χ1v) is 19.3. The van der Waals surface area contributed by atoms with E-state index in [9.17, 15) is 9.36 Å². The van der Waals surface area contributed by atoms with Crippen LogP contribution in [0.2, 0.25) is 0 Å². The standard InChI is InChI=1S/C41H42N5O7P/c1-30(2)35-24-36(40-43-44-41(47)46(40)34-18-19-39(42-26-34)45-20-22-49-23-21-45)37(50-27-31-12-6-3-7-13-31)25-38(35)53-54(48,51-28-32-14-8-4-9-15-32)52-29-33-16-10-5-11-17-33/h3-19,24-26,30H,20-23,27-29H2,1-2H3,(H,44,47). The Morgan fingerprint density at radius 3 is 1.93 bits per heavy atom. The summed E-state index contributed by atoms with van der Waals surface area (Å²) in [5, 5.41) is 7.08. The number of aromatic amines is 1. The van der Waals surface area contributed by atoms with E-state index < -0.39 is 13.5 Å². The van der Waals surface area contributed by atoms with Crippen LogP contribution in [0, 0.1) is 0 Å². The van der Waals surface area contributed by atoms with Crippen molar-refractivity contribution in [3.05, 3.63) is 154 Å². The van der Waals surface area contributed by atoms with Crippen LogP contribution in [-0.4, -0.2) is 46.1 Å². The lowest BCUT2D eigenvalue weighted by molar-refractivity contribution is 0.122. The number of nitrogens with one attached hydrogen (secondary N) is 1. The largest absolute Gasteiger partial charge is 0.530 e. The molecular formula is C41H42N5O7P. The van der Waals surface area contributed by atoms with Gasteiger partial charge in [0.2, 0.25) is 0 Å². The number of phosphoric ester groups is 1. The van der Waals surface area contributed by atoms with Gasteiger partial charge in [0, 0.05) is 19.2 Å². The lowest BCUT2D eigenvalue weighted by Crippen LogP contribution is -2.36. The maximum Gasteiger partial charge on any atom is 0.530 e. The fourth-order valence-corrected chi connectivity index (χ4v) is 7.20. The molecule has 1 aliphatic rings. The van der Waals surface area contributed by atoms with Gasteiger partial charge in [0.05, 0.1) is 43.9 Å². The van der Waals surface area contributed by atoms with E-state index in [1.165, 1.54) is 4.57 Å². The first-order chi connectivity index (χ1) is 26.3. The van der Waals surface area contributed by atoms with Gasteiger partial charge in [-0.05, 0) is 46.4 Å². The predicted molar refractivity (Wildman–Crippen MR) is 206 cm³/mol. The highest BCUT2D eigenvalue weighted by Crippen LogP contribution is 2.53. The Morgan fingerprint density at radius 2 is 1.37 bits per heavy atom. The molecule has 1 saturated heterocycles. The second kappa shape index (κ2) is 17.1. The lowest BCUT2D eigenvalue weighted by Gasteiger charge is -2.27. The third-order valence-electron chi connectivity index (χ3n) is 8.88. The van der Waals surface area contributed by atoms with Crippen molar-refractivity contribution < 1.29 is 27.6 Å². The lowest BCUT2D eigenvalue weighted by atomic mass is 9.98. The van der Waals surface area contributed by atoms with E-state index in [4.69, 9.17) is 23.0 Å². The second-order valence-electron chi connectivity index (χ2n) is 13.0. The quantitative estimate of drug-likeness (QED) is 0.103. The molecule has 2 aromatic heterocycles. The topological polar surface area (TPSA) is 130 Å². The molecule has 1 fully saturated rings. The van der Waals surface area contributed by atoms with Crippen LogP contribution in [0.15, 0.2) is 126 Å². The number of anilines is 1. The summed E-state index contributed by atoms with van der Waals surface area (Å²) in [5.74, 6) is 1.56. The average Bonchev–Trinajstić information content (AvgIpc) is 3.60. The number of ether oxygens (including phenoxy) is 2. The summed E-state index contributed by atoms with van der Waals surface area (Å²) < 4.78 is 46.3. The smallest absolute Gasteiger partial charge is 0.488 e. The summed E-state index contributed by atoms with van der Waals surface area (Å²) in [7, 11) is -4.25. The van der Waals surface area contributed by atoms with E-state index in [2.05, 4.69) is 20.1 Å². The van der Waals surface area contributed by atoms with Crippen molar-refractivity contribution in [2.75, 3.05) is 31.2 Å². The van der Waals surface area contributed by atoms with Crippen LogP contribution in [0.4, 0.5) is 5.82 Å². The Kier molecular flexibility index (Phi) is 11.7. The second-order valence-corrected chi connectivity index (χ2v) is 14.6. The maximum atomic E-state index is 14.5.